The molecule has 2 unspecified atom stereocenters. The monoisotopic (exact) mass is 231 g/mol. The van der Waals surface area contributed by atoms with Crippen molar-refractivity contribution in [1.29, 1.82) is 0 Å². The molecule has 1 aliphatic carbocycles. The maximum absolute atomic E-state index is 4.14. The van der Waals surface area contributed by atoms with Crippen LogP contribution in [0.15, 0.2) is 24.5 Å². The van der Waals surface area contributed by atoms with Gasteiger partial charge >= 0.3 is 0 Å². The van der Waals surface area contributed by atoms with Crippen molar-refractivity contribution in [3.05, 3.63) is 30.1 Å². The number of rotatable bonds is 3. The van der Waals surface area contributed by atoms with E-state index in [0.29, 0.717) is 12.1 Å². The van der Waals surface area contributed by atoms with Crippen LogP contribution in [0.2, 0.25) is 0 Å². The third-order valence-corrected chi connectivity index (χ3v) is 3.91. The first kappa shape index (κ1) is 11.2. The Balaban J connectivity index is 1.80. The molecule has 0 radical (unpaired) electrons. The Morgan fingerprint density at radius 2 is 2.12 bits per heavy atom. The Hall–Kier alpha value is -0.930. The molecule has 2 aliphatic rings. The first-order chi connectivity index (χ1) is 8.34. The fourth-order valence-corrected chi connectivity index (χ4v) is 2.97. The Bertz CT molecular complexity index is 361. The molecule has 3 heteroatoms. The van der Waals surface area contributed by atoms with Gasteiger partial charge in [-0.3, -0.25) is 9.88 Å². The van der Waals surface area contributed by atoms with Gasteiger partial charge in [0.05, 0.1) is 0 Å². The maximum atomic E-state index is 4.14. The average Bonchev–Trinajstić information content (AvgIpc) is 3.15. The van der Waals surface area contributed by atoms with Crippen molar-refractivity contribution in [3.63, 3.8) is 0 Å². The number of hydrogen-bond donors (Lipinski definition) is 1. The van der Waals surface area contributed by atoms with Crippen molar-refractivity contribution in [1.82, 2.24) is 15.2 Å². The number of hydrogen-bond acceptors (Lipinski definition) is 3. The molecule has 3 rings (SSSR count). The highest BCUT2D eigenvalue weighted by atomic mass is 15.2. The van der Waals surface area contributed by atoms with Gasteiger partial charge in [0.2, 0.25) is 0 Å². The fraction of sp³-hybridized carbons (Fsp3) is 0.643. The van der Waals surface area contributed by atoms with Crippen LogP contribution < -0.4 is 5.32 Å². The predicted octanol–water partition coefficient (Wildman–Crippen LogP) is 1.83. The minimum absolute atomic E-state index is 0.617. The lowest BCUT2D eigenvalue weighted by Gasteiger charge is -2.38. The summed E-state index contributed by atoms with van der Waals surface area (Å²) in [6, 6.07) is 5.63. The zero-order chi connectivity index (χ0) is 11.7. The summed E-state index contributed by atoms with van der Waals surface area (Å²) in [6.07, 6.45) is 6.64. The van der Waals surface area contributed by atoms with Gasteiger partial charge in [0, 0.05) is 44.1 Å². The van der Waals surface area contributed by atoms with Gasteiger partial charge in [-0.15, -0.1) is 0 Å². The summed E-state index contributed by atoms with van der Waals surface area (Å²) < 4.78 is 0. The Morgan fingerprint density at radius 3 is 2.76 bits per heavy atom. The van der Waals surface area contributed by atoms with Crippen molar-refractivity contribution in [2.24, 2.45) is 5.92 Å². The van der Waals surface area contributed by atoms with Crippen LogP contribution in [-0.4, -0.2) is 35.6 Å². The molecule has 3 nitrogen and oxygen atoms in total. The molecule has 1 N–H and O–H groups in total. The largest absolute Gasteiger partial charge is 0.312 e. The summed E-state index contributed by atoms with van der Waals surface area (Å²) >= 11 is 0. The smallest absolute Gasteiger partial charge is 0.0378 e. The molecule has 0 bridgehead atoms. The lowest BCUT2D eigenvalue weighted by atomic mass is 10.00. The molecular weight excluding hydrogens is 210 g/mol. The minimum Gasteiger partial charge on any atom is -0.312 e. The highest BCUT2D eigenvalue weighted by Gasteiger charge is 2.37. The molecule has 0 spiro atoms. The van der Waals surface area contributed by atoms with E-state index < -0.39 is 0 Å². The van der Waals surface area contributed by atoms with Crippen LogP contribution >= 0.6 is 0 Å². The number of aromatic nitrogens is 1. The van der Waals surface area contributed by atoms with Crippen molar-refractivity contribution >= 4 is 0 Å². The van der Waals surface area contributed by atoms with Crippen molar-refractivity contribution in [2.45, 2.75) is 31.8 Å². The second-order valence-electron chi connectivity index (χ2n) is 5.41. The van der Waals surface area contributed by atoms with Crippen LogP contribution in [0.3, 0.4) is 0 Å². The first-order valence-corrected chi connectivity index (χ1v) is 6.72. The van der Waals surface area contributed by atoms with E-state index in [4.69, 9.17) is 0 Å². The fourth-order valence-electron chi connectivity index (χ4n) is 2.97. The van der Waals surface area contributed by atoms with Gasteiger partial charge in [0.15, 0.2) is 0 Å². The molecule has 1 aliphatic heterocycles. The third-order valence-electron chi connectivity index (χ3n) is 3.91. The molecule has 0 amide bonds. The molecular formula is C14H21N3. The SMILES string of the molecule is CC1CN(C(c2ccncc2)C2CC2)CCN1. The highest BCUT2D eigenvalue weighted by molar-refractivity contribution is 5.18. The quantitative estimate of drug-likeness (QED) is 0.860. The van der Waals surface area contributed by atoms with Crippen LogP contribution in [0, 0.1) is 5.92 Å². The summed E-state index contributed by atoms with van der Waals surface area (Å²) in [5, 5.41) is 3.52. The van der Waals surface area contributed by atoms with Gasteiger partial charge in [0.1, 0.15) is 0 Å². The summed E-state index contributed by atoms with van der Waals surface area (Å²) in [5.74, 6) is 0.877. The van der Waals surface area contributed by atoms with Crippen LogP contribution in [0.1, 0.15) is 31.4 Å². The molecule has 0 aromatic carbocycles. The van der Waals surface area contributed by atoms with E-state index in [2.05, 4.69) is 34.3 Å². The van der Waals surface area contributed by atoms with E-state index in [0.717, 1.165) is 12.5 Å². The van der Waals surface area contributed by atoms with Crippen molar-refractivity contribution in [3.8, 4) is 0 Å². The minimum atomic E-state index is 0.617. The summed E-state index contributed by atoms with van der Waals surface area (Å²) in [4.78, 5) is 6.80. The summed E-state index contributed by atoms with van der Waals surface area (Å²) in [6.45, 7) is 5.75. The zero-order valence-electron chi connectivity index (χ0n) is 10.5. The number of pyridine rings is 1. The normalized spacial score (nSPS) is 27.9. The summed E-state index contributed by atoms with van der Waals surface area (Å²) in [7, 11) is 0. The highest BCUT2D eigenvalue weighted by Crippen LogP contribution is 2.44. The third kappa shape index (κ3) is 2.50. The maximum Gasteiger partial charge on any atom is 0.0378 e. The van der Waals surface area contributed by atoms with Gasteiger partial charge < -0.3 is 5.32 Å². The molecule has 1 saturated carbocycles. The Morgan fingerprint density at radius 1 is 1.35 bits per heavy atom. The van der Waals surface area contributed by atoms with Gasteiger partial charge in [0.25, 0.3) is 0 Å². The standard InChI is InChI=1S/C14H21N3/c1-11-10-17(9-8-16-11)14(12-2-3-12)13-4-6-15-7-5-13/h4-7,11-12,14,16H,2-3,8-10H2,1H3. The van der Waals surface area contributed by atoms with E-state index in [9.17, 15) is 0 Å². The molecule has 1 aromatic heterocycles. The number of piperazine rings is 1. The molecule has 17 heavy (non-hydrogen) atoms. The Labute approximate surface area is 103 Å². The van der Waals surface area contributed by atoms with E-state index in [-0.39, 0.29) is 0 Å². The number of nitrogens with one attached hydrogen (secondary N) is 1. The lowest BCUT2D eigenvalue weighted by Crippen LogP contribution is -2.50. The molecule has 2 atom stereocenters. The van der Waals surface area contributed by atoms with Gasteiger partial charge in [-0.2, -0.15) is 0 Å². The summed E-state index contributed by atoms with van der Waals surface area (Å²) in [5.41, 5.74) is 1.46. The van der Waals surface area contributed by atoms with Crippen LogP contribution in [-0.2, 0) is 0 Å². The van der Waals surface area contributed by atoms with Crippen LogP contribution in [0.25, 0.3) is 0 Å². The zero-order valence-corrected chi connectivity index (χ0v) is 10.5. The topological polar surface area (TPSA) is 28.2 Å². The van der Waals surface area contributed by atoms with Crippen molar-refractivity contribution in [2.75, 3.05) is 19.6 Å². The average molecular weight is 231 g/mol. The predicted molar refractivity (Wildman–Crippen MR) is 68.7 cm³/mol. The lowest BCUT2D eigenvalue weighted by molar-refractivity contribution is 0.133. The molecule has 92 valence electrons. The Kier molecular flexibility index (Phi) is 3.12. The van der Waals surface area contributed by atoms with Gasteiger partial charge in [-0.05, 0) is 43.4 Å². The van der Waals surface area contributed by atoms with E-state index in [1.54, 1.807) is 0 Å². The molecule has 1 aromatic rings. The molecule has 2 fully saturated rings. The van der Waals surface area contributed by atoms with E-state index in [1.165, 1.54) is 31.5 Å². The van der Waals surface area contributed by atoms with Gasteiger partial charge in [-0.1, -0.05) is 0 Å². The van der Waals surface area contributed by atoms with Crippen LogP contribution in [0.4, 0.5) is 0 Å². The second kappa shape index (κ2) is 4.75. The molecule has 1 saturated heterocycles. The van der Waals surface area contributed by atoms with Gasteiger partial charge in [-0.25, -0.2) is 0 Å². The second-order valence-corrected chi connectivity index (χ2v) is 5.41. The van der Waals surface area contributed by atoms with Crippen molar-refractivity contribution < 1.29 is 0 Å². The molecule has 2 heterocycles. The number of nitrogens with zero attached hydrogens (tertiary/aromatic N) is 2. The van der Waals surface area contributed by atoms with E-state index in [1.807, 2.05) is 12.4 Å². The first-order valence-electron chi connectivity index (χ1n) is 6.72. The van der Waals surface area contributed by atoms with E-state index >= 15 is 0 Å². The van der Waals surface area contributed by atoms with Crippen LogP contribution in [0.5, 0.6) is 0 Å².